The fraction of sp³-hybridized carbons (Fsp3) is 0.583. The minimum Gasteiger partial charge on any atom is -0.488 e. The van der Waals surface area contributed by atoms with Gasteiger partial charge in [-0.1, -0.05) is 13.8 Å². The van der Waals surface area contributed by atoms with Crippen molar-refractivity contribution < 1.29 is 17.9 Å². The second-order valence-electron chi connectivity index (χ2n) is 4.55. The van der Waals surface area contributed by atoms with Gasteiger partial charge in [-0.25, -0.2) is 4.98 Å². The van der Waals surface area contributed by atoms with Gasteiger partial charge < -0.3 is 4.74 Å². The summed E-state index contributed by atoms with van der Waals surface area (Å²) in [4.78, 5) is 3.67. The first-order chi connectivity index (χ1) is 7.88. The number of hydrogen-bond donors (Lipinski definition) is 0. The average Bonchev–Trinajstić information content (AvgIpc) is 3.00. The molecule has 0 saturated heterocycles. The number of ether oxygens (including phenoxy) is 1. The molecule has 2 rings (SSSR count). The summed E-state index contributed by atoms with van der Waals surface area (Å²) in [7, 11) is 0. The van der Waals surface area contributed by atoms with Crippen LogP contribution in [-0.2, 0) is 6.18 Å². The maximum atomic E-state index is 12.8. The number of nitrogens with zero attached hydrogens (tertiary/aromatic N) is 1. The summed E-state index contributed by atoms with van der Waals surface area (Å²) in [5.74, 6) is -0.185. The Morgan fingerprint density at radius 1 is 1.29 bits per heavy atom. The Hall–Kier alpha value is -1.26. The lowest BCUT2D eigenvalue weighted by atomic mass is 10.1. The van der Waals surface area contributed by atoms with E-state index in [1.165, 1.54) is 6.07 Å². The van der Waals surface area contributed by atoms with Crippen LogP contribution in [0.4, 0.5) is 13.2 Å². The Morgan fingerprint density at radius 3 is 2.41 bits per heavy atom. The number of pyridine rings is 1. The van der Waals surface area contributed by atoms with Crippen molar-refractivity contribution in [2.75, 3.05) is 0 Å². The largest absolute Gasteiger partial charge is 0.488 e. The molecule has 1 aliphatic carbocycles. The summed E-state index contributed by atoms with van der Waals surface area (Å²) in [6.45, 7) is 3.62. The highest BCUT2D eigenvalue weighted by atomic mass is 19.4. The Morgan fingerprint density at radius 2 is 1.94 bits per heavy atom. The maximum absolute atomic E-state index is 12.8. The summed E-state index contributed by atoms with van der Waals surface area (Å²) < 4.78 is 43.7. The molecule has 1 saturated carbocycles. The van der Waals surface area contributed by atoms with Crippen LogP contribution in [0.1, 0.15) is 44.0 Å². The molecular weight excluding hydrogens is 231 g/mol. The highest BCUT2D eigenvalue weighted by molar-refractivity contribution is 5.33. The van der Waals surface area contributed by atoms with Crippen LogP contribution in [0.5, 0.6) is 5.75 Å². The van der Waals surface area contributed by atoms with E-state index in [0.29, 0.717) is 5.69 Å². The van der Waals surface area contributed by atoms with Crippen LogP contribution >= 0.6 is 0 Å². The molecule has 0 unspecified atom stereocenters. The lowest BCUT2D eigenvalue weighted by molar-refractivity contribution is -0.142. The highest BCUT2D eigenvalue weighted by Crippen LogP contribution is 2.38. The molecular formula is C12H14F3NO. The third-order valence-corrected chi connectivity index (χ3v) is 2.56. The molecule has 1 fully saturated rings. The van der Waals surface area contributed by atoms with E-state index in [1.54, 1.807) is 6.07 Å². The van der Waals surface area contributed by atoms with Crippen LogP contribution in [0.25, 0.3) is 0 Å². The van der Waals surface area contributed by atoms with Crippen LogP contribution in [-0.4, -0.2) is 11.1 Å². The zero-order chi connectivity index (χ0) is 12.6. The van der Waals surface area contributed by atoms with Crippen LogP contribution in [0.15, 0.2) is 12.1 Å². The van der Waals surface area contributed by atoms with Gasteiger partial charge in [-0.05, 0) is 30.9 Å². The van der Waals surface area contributed by atoms with Gasteiger partial charge >= 0.3 is 6.18 Å². The molecule has 0 bridgehead atoms. The molecule has 0 spiro atoms. The fourth-order valence-electron chi connectivity index (χ4n) is 1.45. The quantitative estimate of drug-likeness (QED) is 0.808. The van der Waals surface area contributed by atoms with E-state index in [2.05, 4.69) is 4.98 Å². The van der Waals surface area contributed by atoms with E-state index < -0.39 is 11.9 Å². The number of rotatable bonds is 3. The van der Waals surface area contributed by atoms with Gasteiger partial charge in [-0.3, -0.25) is 0 Å². The van der Waals surface area contributed by atoms with Gasteiger partial charge in [0, 0.05) is 5.69 Å². The van der Waals surface area contributed by atoms with Crippen molar-refractivity contribution in [1.29, 1.82) is 0 Å². The number of hydrogen-bond acceptors (Lipinski definition) is 2. The molecule has 0 radical (unpaired) electrons. The Balaban J connectivity index is 2.36. The second-order valence-corrected chi connectivity index (χ2v) is 4.55. The van der Waals surface area contributed by atoms with Crippen molar-refractivity contribution >= 4 is 0 Å². The molecule has 17 heavy (non-hydrogen) atoms. The predicted molar refractivity (Wildman–Crippen MR) is 57.0 cm³/mol. The van der Waals surface area contributed by atoms with Crippen molar-refractivity contribution in [3.63, 3.8) is 0 Å². The van der Waals surface area contributed by atoms with Crippen LogP contribution < -0.4 is 4.74 Å². The average molecular weight is 245 g/mol. The predicted octanol–water partition coefficient (Wildman–Crippen LogP) is 3.77. The zero-order valence-corrected chi connectivity index (χ0v) is 9.71. The molecule has 1 aromatic rings. The number of aromatic nitrogens is 1. The molecule has 0 amide bonds. The molecule has 0 aromatic carbocycles. The van der Waals surface area contributed by atoms with Crippen molar-refractivity contribution in [2.45, 2.75) is 44.9 Å². The lowest BCUT2D eigenvalue weighted by Crippen LogP contribution is -2.13. The van der Waals surface area contributed by atoms with Gasteiger partial charge in [0.15, 0.2) is 11.4 Å². The topological polar surface area (TPSA) is 22.1 Å². The standard InChI is InChI=1S/C12H14F3NO/c1-7(2)9-5-6-10(17-8-3-4-8)11(16-9)12(13,14)15/h5-8H,3-4H2,1-2H3. The van der Waals surface area contributed by atoms with Crippen LogP contribution in [0, 0.1) is 0 Å². The first kappa shape index (κ1) is 12.2. The maximum Gasteiger partial charge on any atom is 0.437 e. The van der Waals surface area contributed by atoms with Crippen LogP contribution in [0.3, 0.4) is 0 Å². The highest BCUT2D eigenvalue weighted by Gasteiger charge is 2.38. The first-order valence-electron chi connectivity index (χ1n) is 5.62. The van der Waals surface area contributed by atoms with Gasteiger partial charge in [-0.2, -0.15) is 13.2 Å². The van der Waals surface area contributed by atoms with E-state index in [-0.39, 0.29) is 17.8 Å². The SMILES string of the molecule is CC(C)c1ccc(OC2CC2)c(C(F)(F)F)n1. The zero-order valence-electron chi connectivity index (χ0n) is 9.71. The van der Waals surface area contributed by atoms with Crippen LogP contribution in [0.2, 0.25) is 0 Å². The van der Waals surface area contributed by atoms with Gasteiger partial charge in [0.25, 0.3) is 0 Å². The normalized spacial score (nSPS) is 16.4. The molecule has 0 atom stereocenters. The van der Waals surface area contributed by atoms with E-state index in [1.807, 2.05) is 13.8 Å². The minimum absolute atomic E-state index is 0.0360. The summed E-state index contributed by atoms with van der Waals surface area (Å²) in [5.41, 5.74) is -0.476. The Kier molecular flexibility index (Phi) is 3.02. The lowest BCUT2D eigenvalue weighted by Gasteiger charge is -2.15. The summed E-state index contributed by atoms with van der Waals surface area (Å²) >= 11 is 0. The Labute approximate surface area is 97.8 Å². The van der Waals surface area contributed by atoms with Crippen molar-refractivity contribution in [1.82, 2.24) is 4.98 Å². The minimum atomic E-state index is -4.46. The van der Waals surface area contributed by atoms with Crippen molar-refractivity contribution in [3.8, 4) is 5.75 Å². The molecule has 5 heteroatoms. The van der Waals surface area contributed by atoms with Crippen molar-refractivity contribution in [3.05, 3.63) is 23.5 Å². The summed E-state index contributed by atoms with van der Waals surface area (Å²) in [6.07, 6.45) is -2.88. The second kappa shape index (κ2) is 4.20. The third kappa shape index (κ3) is 2.90. The molecule has 1 heterocycles. The fourth-order valence-corrected chi connectivity index (χ4v) is 1.45. The number of halogens is 3. The molecule has 2 nitrogen and oxygen atoms in total. The van der Waals surface area contributed by atoms with Crippen molar-refractivity contribution in [2.24, 2.45) is 0 Å². The molecule has 94 valence electrons. The number of alkyl halides is 3. The third-order valence-electron chi connectivity index (χ3n) is 2.56. The van der Waals surface area contributed by atoms with Gasteiger partial charge in [-0.15, -0.1) is 0 Å². The van der Waals surface area contributed by atoms with E-state index >= 15 is 0 Å². The molecule has 0 N–H and O–H groups in total. The monoisotopic (exact) mass is 245 g/mol. The molecule has 0 aliphatic heterocycles. The summed E-state index contributed by atoms with van der Waals surface area (Å²) in [5, 5.41) is 0. The summed E-state index contributed by atoms with van der Waals surface area (Å²) in [6, 6.07) is 2.97. The molecule has 1 aromatic heterocycles. The smallest absolute Gasteiger partial charge is 0.437 e. The van der Waals surface area contributed by atoms with E-state index in [4.69, 9.17) is 4.74 Å². The van der Waals surface area contributed by atoms with Gasteiger partial charge in [0.05, 0.1) is 6.10 Å². The van der Waals surface area contributed by atoms with Gasteiger partial charge in [0.2, 0.25) is 0 Å². The van der Waals surface area contributed by atoms with E-state index in [9.17, 15) is 13.2 Å². The molecule has 1 aliphatic rings. The van der Waals surface area contributed by atoms with E-state index in [0.717, 1.165) is 12.8 Å². The first-order valence-corrected chi connectivity index (χ1v) is 5.62. The van der Waals surface area contributed by atoms with Gasteiger partial charge in [0.1, 0.15) is 0 Å². The Bertz CT molecular complexity index is 411.